The van der Waals surface area contributed by atoms with Crippen LogP contribution >= 0.6 is 0 Å². The molecule has 2 N–H and O–H groups in total. The zero-order valence-electron chi connectivity index (χ0n) is 14.5. The first-order valence-electron chi connectivity index (χ1n) is 8.74. The van der Waals surface area contributed by atoms with Crippen LogP contribution in [-0.4, -0.2) is 53.3 Å². The van der Waals surface area contributed by atoms with Crippen molar-refractivity contribution in [1.29, 1.82) is 0 Å². The van der Waals surface area contributed by atoms with Gasteiger partial charge < -0.3 is 10.6 Å². The number of piperidine rings is 1. The number of benzene rings is 1. The number of anilines is 1. The Morgan fingerprint density at radius 2 is 2.00 bits per heavy atom. The summed E-state index contributed by atoms with van der Waals surface area (Å²) in [6.45, 7) is 4.00. The lowest BCUT2D eigenvalue weighted by molar-refractivity contribution is -0.128. The van der Waals surface area contributed by atoms with E-state index in [0.29, 0.717) is 11.7 Å². The molecule has 2 saturated heterocycles. The Morgan fingerprint density at radius 3 is 2.64 bits per heavy atom. The van der Waals surface area contributed by atoms with Crippen LogP contribution in [0.15, 0.2) is 24.3 Å². The van der Waals surface area contributed by atoms with Gasteiger partial charge in [0.25, 0.3) is 5.91 Å². The molecule has 4 amide bonds. The number of carbonyl (C=O) groups is 3. The van der Waals surface area contributed by atoms with Crippen molar-refractivity contribution in [3.8, 4) is 0 Å². The van der Waals surface area contributed by atoms with Crippen molar-refractivity contribution in [3.05, 3.63) is 29.8 Å². The lowest BCUT2D eigenvalue weighted by Gasteiger charge is -2.33. The van der Waals surface area contributed by atoms with E-state index in [9.17, 15) is 14.4 Å². The standard InChI is InChI=1S/C18H24N4O3/c1-13-4-2-3-9-21(13)11-14-5-7-15(8-6-14)20-16(23)12-22-17(24)10-19-18(22)25/h5-8,13H,2-4,9-12H2,1H3,(H,19,25)(H,20,23). The average Bonchev–Trinajstić information content (AvgIpc) is 2.90. The molecule has 7 nitrogen and oxygen atoms in total. The number of nitrogens with zero attached hydrogens (tertiary/aromatic N) is 2. The van der Waals surface area contributed by atoms with E-state index in [4.69, 9.17) is 0 Å². The van der Waals surface area contributed by atoms with Gasteiger partial charge in [-0.25, -0.2) is 4.79 Å². The summed E-state index contributed by atoms with van der Waals surface area (Å²) in [7, 11) is 0. The topological polar surface area (TPSA) is 81.8 Å². The summed E-state index contributed by atoms with van der Waals surface area (Å²) in [5, 5.41) is 5.11. The van der Waals surface area contributed by atoms with Crippen molar-refractivity contribution >= 4 is 23.5 Å². The van der Waals surface area contributed by atoms with Gasteiger partial charge in [0.2, 0.25) is 5.91 Å². The smallest absolute Gasteiger partial charge is 0.325 e. The van der Waals surface area contributed by atoms with Crippen molar-refractivity contribution in [2.45, 2.75) is 38.8 Å². The van der Waals surface area contributed by atoms with Crippen LogP contribution in [0.1, 0.15) is 31.7 Å². The van der Waals surface area contributed by atoms with Gasteiger partial charge in [-0.1, -0.05) is 18.6 Å². The van der Waals surface area contributed by atoms with Crippen LogP contribution in [0.3, 0.4) is 0 Å². The number of carbonyl (C=O) groups excluding carboxylic acids is 3. The molecule has 0 spiro atoms. The Morgan fingerprint density at radius 1 is 1.24 bits per heavy atom. The molecule has 3 rings (SSSR count). The number of rotatable bonds is 5. The molecule has 0 saturated carbocycles. The quantitative estimate of drug-likeness (QED) is 0.794. The van der Waals surface area contributed by atoms with E-state index in [2.05, 4.69) is 22.5 Å². The summed E-state index contributed by atoms with van der Waals surface area (Å²) in [4.78, 5) is 38.3. The molecule has 2 heterocycles. The molecule has 1 aromatic rings. The van der Waals surface area contributed by atoms with Gasteiger partial charge in [0, 0.05) is 18.3 Å². The molecule has 25 heavy (non-hydrogen) atoms. The molecule has 0 aliphatic carbocycles. The number of urea groups is 1. The number of hydrogen-bond acceptors (Lipinski definition) is 4. The maximum Gasteiger partial charge on any atom is 0.325 e. The Labute approximate surface area is 147 Å². The van der Waals surface area contributed by atoms with Crippen LogP contribution in [-0.2, 0) is 16.1 Å². The van der Waals surface area contributed by atoms with E-state index >= 15 is 0 Å². The third-order valence-corrected chi connectivity index (χ3v) is 4.80. The minimum Gasteiger partial charge on any atom is -0.329 e. The molecule has 134 valence electrons. The highest BCUT2D eigenvalue weighted by Gasteiger charge is 2.30. The van der Waals surface area contributed by atoms with Crippen molar-refractivity contribution in [2.24, 2.45) is 0 Å². The molecule has 2 fully saturated rings. The van der Waals surface area contributed by atoms with Gasteiger partial charge in [-0.3, -0.25) is 19.4 Å². The third kappa shape index (κ3) is 4.36. The van der Waals surface area contributed by atoms with Crippen molar-refractivity contribution < 1.29 is 14.4 Å². The molecule has 0 bridgehead atoms. The van der Waals surface area contributed by atoms with Gasteiger partial charge in [-0.05, 0) is 44.0 Å². The highest BCUT2D eigenvalue weighted by molar-refractivity contribution is 6.06. The van der Waals surface area contributed by atoms with E-state index < -0.39 is 6.03 Å². The van der Waals surface area contributed by atoms with Crippen molar-refractivity contribution in [3.63, 3.8) is 0 Å². The van der Waals surface area contributed by atoms with Crippen molar-refractivity contribution in [2.75, 3.05) is 25.0 Å². The molecule has 1 atom stereocenters. The molecular weight excluding hydrogens is 320 g/mol. The lowest BCUT2D eigenvalue weighted by Crippen LogP contribution is -2.38. The van der Waals surface area contributed by atoms with Gasteiger partial charge in [-0.15, -0.1) is 0 Å². The van der Waals surface area contributed by atoms with Gasteiger partial charge in [0.15, 0.2) is 0 Å². The minimum absolute atomic E-state index is 0.0459. The monoisotopic (exact) mass is 344 g/mol. The molecular formula is C18H24N4O3. The summed E-state index contributed by atoms with van der Waals surface area (Å²) in [5.74, 6) is -0.769. The number of nitrogens with one attached hydrogen (secondary N) is 2. The Bertz CT molecular complexity index is 643. The predicted molar refractivity (Wildman–Crippen MR) is 93.9 cm³/mol. The number of amides is 4. The normalized spacial score (nSPS) is 21.3. The Kier molecular flexibility index (Phi) is 5.33. The second kappa shape index (κ2) is 7.65. The van der Waals surface area contributed by atoms with Gasteiger partial charge in [0.05, 0.1) is 6.54 Å². The molecule has 0 radical (unpaired) electrons. The SMILES string of the molecule is CC1CCCCN1Cc1ccc(NC(=O)CN2C(=O)CNC2=O)cc1. The lowest BCUT2D eigenvalue weighted by atomic mass is 10.0. The first-order chi connectivity index (χ1) is 12.0. The fraction of sp³-hybridized carbons (Fsp3) is 0.500. The number of likely N-dealkylation sites (tertiary alicyclic amines) is 1. The summed E-state index contributed by atoms with van der Waals surface area (Å²) in [6, 6.07) is 7.81. The largest absolute Gasteiger partial charge is 0.329 e. The van der Waals surface area contributed by atoms with E-state index in [0.717, 1.165) is 18.0 Å². The van der Waals surface area contributed by atoms with Gasteiger partial charge in [0.1, 0.15) is 6.54 Å². The fourth-order valence-corrected chi connectivity index (χ4v) is 3.28. The first-order valence-corrected chi connectivity index (χ1v) is 8.74. The fourth-order valence-electron chi connectivity index (χ4n) is 3.28. The first kappa shape index (κ1) is 17.4. The van der Waals surface area contributed by atoms with Crippen molar-refractivity contribution in [1.82, 2.24) is 15.1 Å². The van der Waals surface area contributed by atoms with Crippen LogP contribution in [0.25, 0.3) is 0 Å². The number of hydrogen-bond donors (Lipinski definition) is 2. The molecule has 2 aliphatic rings. The Hall–Kier alpha value is -2.41. The summed E-state index contributed by atoms with van der Waals surface area (Å²) in [6.07, 6.45) is 3.80. The minimum atomic E-state index is -0.522. The van der Waals surface area contributed by atoms with Crippen LogP contribution in [0.5, 0.6) is 0 Å². The van der Waals surface area contributed by atoms with E-state index in [1.807, 2.05) is 24.3 Å². The molecule has 1 aromatic carbocycles. The van der Waals surface area contributed by atoms with Crippen LogP contribution < -0.4 is 10.6 Å². The summed E-state index contributed by atoms with van der Waals surface area (Å²) < 4.78 is 0. The zero-order valence-corrected chi connectivity index (χ0v) is 14.5. The van der Waals surface area contributed by atoms with Gasteiger partial charge >= 0.3 is 6.03 Å². The van der Waals surface area contributed by atoms with Gasteiger partial charge in [-0.2, -0.15) is 0 Å². The number of imide groups is 1. The average molecular weight is 344 g/mol. The Balaban J connectivity index is 1.52. The maximum atomic E-state index is 12.0. The zero-order chi connectivity index (χ0) is 17.8. The molecule has 1 unspecified atom stereocenters. The second-order valence-corrected chi connectivity index (χ2v) is 6.70. The maximum absolute atomic E-state index is 12.0. The highest BCUT2D eigenvalue weighted by atomic mass is 16.2. The van der Waals surface area contributed by atoms with E-state index in [1.165, 1.54) is 24.8 Å². The van der Waals surface area contributed by atoms with Crippen LogP contribution in [0, 0.1) is 0 Å². The third-order valence-electron chi connectivity index (χ3n) is 4.80. The van der Waals surface area contributed by atoms with Crippen LogP contribution in [0.2, 0.25) is 0 Å². The van der Waals surface area contributed by atoms with Crippen LogP contribution in [0.4, 0.5) is 10.5 Å². The van der Waals surface area contributed by atoms with E-state index in [1.54, 1.807) is 0 Å². The predicted octanol–water partition coefficient (Wildman–Crippen LogP) is 1.55. The molecule has 7 heteroatoms. The second-order valence-electron chi connectivity index (χ2n) is 6.70. The highest BCUT2D eigenvalue weighted by Crippen LogP contribution is 2.20. The molecule has 2 aliphatic heterocycles. The summed E-state index contributed by atoms with van der Waals surface area (Å²) >= 11 is 0. The van der Waals surface area contributed by atoms with E-state index in [-0.39, 0.29) is 24.9 Å². The molecule has 0 aromatic heterocycles. The summed E-state index contributed by atoms with van der Waals surface area (Å²) in [5.41, 5.74) is 1.87.